The van der Waals surface area contributed by atoms with Crippen LogP contribution in [0.15, 0.2) is 24.3 Å². The third kappa shape index (κ3) is 4.81. The first-order valence-corrected chi connectivity index (χ1v) is 6.00. The second kappa shape index (κ2) is 7.79. The minimum Gasteiger partial charge on any atom is -0.320 e. The number of aryl methyl sites for hydroxylation is 1. The van der Waals surface area contributed by atoms with Crippen molar-refractivity contribution in [2.24, 2.45) is 5.92 Å². The first-order valence-electron chi connectivity index (χ1n) is 6.00. The molecular weight excluding hydrogens is 235 g/mol. The number of nitrogens with one attached hydrogen (secondary N) is 2. The number of hydrogen-bond acceptors (Lipinski definition) is 3. The molecule has 18 heavy (non-hydrogen) atoms. The standard InChI is InChI=1S/C13H19FN2O2/c1-15-9-8-11(13(17)16-18)5-2-10-3-6-12(14)7-4-10/h3-4,6-7,11,15,18H,2,5,8-9H2,1H3,(H,16,17). The van der Waals surface area contributed by atoms with Crippen molar-refractivity contribution >= 4 is 5.91 Å². The molecule has 0 fully saturated rings. The average molecular weight is 254 g/mol. The summed E-state index contributed by atoms with van der Waals surface area (Å²) >= 11 is 0. The molecule has 5 heteroatoms. The number of amides is 1. The van der Waals surface area contributed by atoms with Crippen molar-refractivity contribution in [2.75, 3.05) is 13.6 Å². The van der Waals surface area contributed by atoms with Crippen molar-refractivity contribution in [1.82, 2.24) is 10.8 Å². The van der Waals surface area contributed by atoms with Crippen LogP contribution in [0.1, 0.15) is 18.4 Å². The van der Waals surface area contributed by atoms with Crippen LogP contribution in [0.4, 0.5) is 4.39 Å². The van der Waals surface area contributed by atoms with Gasteiger partial charge in [0.05, 0.1) is 0 Å². The van der Waals surface area contributed by atoms with Gasteiger partial charge in [-0.2, -0.15) is 0 Å². The first-order chi connectivity index (χ1) is 8.67. The minimum absolute atomic E-state index is 0.243. The lowest BCUT2D eigenvalue weighted by molar-refractivity contribution is -0.133. The maximum atomic E-state index is 12.7. The lowest BCUT2D eigenvalue weighted by atomic mass is 9.96. The Morgan fingerprint density at radius 3 is 2.56 bits per heavy atom. The molecule has 0 radical (unpaired) electrons. The van der Waals surface area contributed by atoms with Crippen molar-refractivity contribution in [3.8, 4) is 0 Å². The summed E-state index contributed by atoms with van der Waals surface area (Å²) in [7, 11) is 1.81. The van der Waals surface area contributed by atoms with Gasteiger partial charge in [-0.05, 0) is 50.6 Å². The SMILES string of the molecule is CNCCC(CCc1ccc(F)cc1)C(=O)NO. The fourth-order valence-electron chi connectivity index (χ4n) is 1.81. The van der Waals surface area contributed by atoms with E-state index in [0.717, 1.165) is 5.56 Å². The highest BCUT2D eigenvalue weighted by Crippen LogP contribution is 2.14. The van der Waals surface area contributed by atoms with Gasteiger partial charge < -0.3 is 5.32 Å². The molecule has 0 aromatic heterocycles. The van der Waals surface area contributed by atoms with Gasteiger partial charge in [0.25, 0.3) is 0 Å². The van der Waals surface area contributed by atoms with E-state index >= 15 is 0 Å². The van der Waals surface area contributed by atoms with Gasteiger partial charge in [-0.3, -0.25) is 10.0 Å². The first kappa shape index (κ1) is 14.6. The third-order valence-electron chi connectivity index (χ3n) is 2.92. The Balaban J connectivity index is 2.50. The number of halogens is 1. The molecule has 1 atom stereocenters. The van der Waals surface area contributed by atoms with E-state index in [1.54, 1.807) is 17.6 Å². The van der Waals surface area contributed by atoms with E-state index in [9.17, 15) is 9.18 Å². The molecule has 0 aliphatic heterocycles. The summed E-state index contributed by atoms with van der Waals surface area (Å²) < 4.78 is 12.7. The van der Waals surface area contributed by atoms with E-state index in [2.05, 4.69) is 5.32 Å². The van der Waals surface area contributed by atoms with Gasteiger partial charge in [0.2, 0.25) is 5.91 Å². The summed E-state index contributed by atoms with van der Waals surface area (Å²) in [5.41, 5.74) is 2.68. The lowest BCUT2D eigenvalue weighted by Gasteiger charge is -2.14. The number of carbonyl (C=O) groups is 1. The number of rotatable bonds is 7. The molecule has 0 saturated carbocycles. The van der Waals surface area contributed by atoms with E-state index in [4.69, 9.17) is 5.21 Å². The van der Waals surface area contributed by atoms with Crippen LogP contribution < -0.4 is 10.8 Å². The van der Waals surface area contributed by atoms with Crippen LogP contribution in [0.5, 0.6) is 0 Å². The maximum absolute atomic E-state index is 12.7. The Bertz CT molecular complexity index is 368. The van der Waals surface area contributed by atoms with Crippen LogP contribution in [0.25, 0.3) is 0 Å². The largest absolute Gasteiger partial charge is 0.320 e. The smallest absolute Gasteiger partial charge is 0.246 e. The Morgan fingerprint density at radius 1 is 1.33 bits per heavy atom. The summed E-state index contributed by atoms with van der Waals surface area (Å²) in [5, 5.41) is 11.6. The van der Waals surface area contributed by atoms with Gasteiger partial charge >= 0.3 is 0 Å². The number of hydroxylamine groups is 1. The Kier molecular flexibility index (Phi) is 6.32. The van der Waals surface area contributed by atoms with Crippen molar-refractivity contribution in [3.63, 3.8) is 0 Å². The number of benzene rings is 1. The topological polar surface area (TPSA) is 61.4 Å². The van der Waals surface area contributed by atoms with E-state index in [1.165, 1.54) is 12.1 Å². The van der Waals surface area contributed by atoms with Gasteiger partial charge in [-0.15, -0.1) is 0 Å². The predicted octanol–water partition coefficient (Wildman–Crippen LogP) is 1.49. The zero-order chi connectivity index (χ0) is 13.4. The Hall–Kier alpha value is -1.46. The summed E-state index contributed by atoms with van der Waals surface area (Å²) in [6.07, 6.45) is 1.96. The fourth-order valence-corrected chi connectivity index (χ4v) is 1.81. The fraction of sp³-hybridized carbons (Fsp3) is 0.462. The molecule has 0 bridgehead atoms. The molecule has 1 unspecified atom stereocenters. The highest BCUT2D eigenvalue weighted by Gasteiger charge is 2.17. The van der Waals surface area contributed by atoms with Crippen molar-refractivity contribution in [2.45, 2.75) is 19.3 Å². The van der Waals surface area contributed by atoms with E-state index in [-0.39, 0.29) is 17.6 Å². The molecule has 4 nitrogen and oxygen atoms in total. The molecule has 1 amide bonds. The van der Waals surface area contributed by atoms with Gasteiger partial charge in [0, 0.05) is 5.92 Å². The molecule has 0 saturated heterocycles. The van der Waals surface area contributed by atoms with Crippen LogP contribution in [0.2, 0.25) is 0 Å². The van der Waals surface area contributed by atoms with Gasteiger partial charge in [0.1, 0.15) is 5.82 Å². The van der Waals surface area contributed by atoms with Crippen LogP contribution in [0, 0.1) is 11.7 Å². The Labute approximate surface area is 106 Å². The van der Waals surface area contributed by atoms with Crippen LogP contribution in [0.3, 0.4) is 0 Å². The second-order valence-electron chi connectivity index (χ2n) is 4.23. The summed E-state index contributed by atoms with van der Waals surface area (Å²) in [5.74, 6) is -0.876. The quantitative estimate of drug-likeness (QED) is 0.510. The number of carbonyl (C=O) groups excluding carboxylic acids is 1. The van der Waals surface area contributed by atoms with Gasteiger partial charge in [-0.25, -0.2) is 9.87 Å². The summed E-state index contributed by atoms with van der Waals surface area (Å²) in [4.78, 5) is 11.4. The highest BCUT2D eigenvalue weighted by molar-refractivity contribution is 5.77. The Morgan fingerprint density at radius 2 is 2.00 bits per heavy atom. The lowest BCUT2D eigenvalue weighted by Crippen LogP contribution is -2.30. The average Bonchev–Trinajstić information content (AvgIpc) is 2.40. The summed E-state index contributed by atoms with van der Waals surface area (Å²) in [6, 6.07) is 6.23. The molecule has 1 aromatic carbocycles. The maximum Gasteiger partial charge on any atom is 0.246 e. The molecule has 1 rings (SSSR count). The van der Waals surface area contributed by atoms with Crippen LogP contribution in [-0.4, -0.2) is 24.7 Å². The van der Waals surface area contributed by atoms with Crippen molar-refractivity contribution in [3.05, 3.63) is 35.6 Å². The zero-order valence-electron chi connectivity index (χ0n) is 10.4. The van der Waals surface area contributed by atoms with Crippen LogP contribution in [-0.2, 0) is 11.2 Å². The third-order valence-corrected chi connectivity index (χ3v) is 2.92. The highest BCUT2D eigenvalue weighted by atomic mass is 19.1. The molecular formula is C13H19FN2O2. The minimum atomic E-state index is -0.368. The van der Waals surface area contributed by atoms with E-state index < -0.39 is 0 Å². The molecule has 0 aliphatic rings. The predicted molar refractivity (Wildman–Crippen MR) is 66.7 cm³/mol. The zero-order valence-corrected chi connectivity index (χ0v) is 10.4. The molecule has 0 spiro atoms. The van der Waals surface area contributed by atoms with Crippen molar-refractivity contribution in [1.29, 1.82) is 0 Å². The van der Waals surface area contributed by atoms with Gasteiger partial charge in [-0.1, -0.05) is 12.1 Å². The molecule has 0 aliphatic carbocycles. The molecule has 0 heterocycles. The van der Waals surface area contributed by atoms with Crippen molar-refractivity contribution < 1.29 is 14.4 Å². The normalized spacial score (nSPS) is 12.2. The molecule has 3 N–H and O–H groups in total. The monoisotopic (exact) mass is 254 g/mol. The second-order valence-corrected chi connectivity index (χ2v) is 4.23. The molecule has 1 aromatic rings. The molecule has 100 valence electrons. The van der Waals surface area contributed by atoms with E-state index in [0.29, 0.717) is 25.8 Å². The van der Waals surface area contributed by atoms with Crippen LogP contribution >= 0.6 is 0 Å². The summed E-state index contributed by atoms with van der Waals surface area (Å²) in [6.45, 7) is 0.710. The van der Waals surface area contributed by atoms with Gasteiger partial charge in [0.15, 0.2) is 0 Å². The van der Waals surface area contributed by atoms with E-state index in [1.807, 2.05) is 7.05 Å². The number of hydrogen-bond donors (Lipinski definition) is 3.